The molecular weight excluding hydrogens is 235 g/mol. The molecule has 1 heterocycles. The van der Waals surface area contributed by atoms with E-state index in [1.807, 2.05) is 6.07 Å². The molecule has 0 radical (unpaired) electrons. The Morgan fingerprint density at radius 2 is 2.50 bits per heavy atom. The van der Waals surface area contributed by atoms with Crippen molar-refractivity contribution >= 4 is 34.8 Å². The molecule has 42 valence electrons. The summed E-state index contributed by atoms with van der Waals surface area (Å²) in [5.41, 5.74) is 0. The third kappa shape index (κ3) is 1.25. The molecule has 0 aliphatic rings. The zero-order valence-corrected chi connectivity index (χ0v) is 6.86. The van der Waals surface area contributed by atoms with Crippen LogP contribution in [-0.2, 0) is 0 Å². The van der Waals surface area contributed by atoms with Gasteiger partial charge in [-0.1, -0.05) is 12.2 Å². The highest BCUT2D eigenvalue weighted by molar-refractivity contribution is 14.1. The number of halogens is 1. The number of aromatic nitrogens is 2. The van der Waals surface area contributed by atoms with Gasteiger partial charge in [-0.2, -0.15) is 5.10 Å². The molecule has 1 aromatic rings. The molecule has 0 spiro atoms. The first kappa shape index (κ1) is 6.15. The van der Waals surface area contributed by atoms with E-state index in [1.165, 1.54) is 0 Å². The van der Waals surface area contributed by atoms with Crippen LogP contribution in [-0.4, -0.2) is 10.2 Å². The fourth-order valence-corrected chi connectivity index (χ4v) is 0.730. The van der Waals surface area contributed by atoms with Crippen molar-refractivity contribution in [3.05, 3.63) is 20.5 Å². The van der Waals surface area contributed by atoms with Gasteiger partial charge in [0.15, 0.2) is 0 Å². The van der Waals surface area contributed by atoms with Gasteiger partial charge in [0.25, 0.3) is 0 Å². The van der Waals surface area contributed by atoms with Crippen LogP contribution in [0.4, 0.5) is 0 Å². The molecule has 1 N–H and O–H groups in total. The van der Waals surface area contributed by atoms with Crippen LogP contribution in [0.5, 0.6) is 0 Å². The first-order chi connectivity index (χ1) is 3.80. The topological polar surface area (TPSA) is 28.7 Å². The molecule has 8 heavy (non-hydrogen) atoms. The normalized spacial score (nSPS) is 9.12. The Balaban J connectivity index is 3.35. The van der Waals surface area contributed by atoms with Gasteiger partial charge in [0.05, 0.1) is 3.57 Å². The van der Waals surface area contributed by atoms with Crippen LogP contribution < -0.4 is 0 Å². The van der Waals surface area contributed by atoms with E-state index >= 15 is 0 Å². The van der Waals surface area contributed by atoms with Gasteiger partial charge in [0.2, 0.25) is 0 Å². The van der Waals surface area contributed by atoms with E-state index in [4.69, 9.17) is 12.2 Å². The number of nitrogens with zero attached hydrogens (tertiary/aromatic N) is 1. The van der Waals surface area contributed by atoms with Gasteiger partial charge in [-0.05, 0) is 28.7 Å². The Morgan fingerprint density at radius 3 is 2.88 bits per heavy atom. The number of rotatable bonds is 0. The van der Waals surface area contributed by atoms with Crippen LogP contribution in [0, 0.1) is 8.21 Å². The molecule has 0 unspecified atom stereocenters. The Kier molecular flexibility index (Phi) is 1.95. The van der Waals surface area contributed by atoms with Gasteiger partial charge in [0, 0.05) is 6.20 Å². The first-order valence-electron chi connectivity index (χ1n) is 2.00. The minimum Gasteiger partial charge on any atom is -0.267 e. The zero-order chi connectivity index (χ0) is 5.98. The Labute approximate surface area is 65.5 Å². The lowest BCUT2D eigenvalue weighted by atomic mass is 10.6. The molecular formula is C4H3IN2S. The monoisotopic (exact) mass is 238 g/mol. The van der Waals surface area contributed by atoms with Crippen LogP contribution in [0.25, 0.3) is 0 Å². The van der Waals surface area contributed by atoms with Crippen molar-refractivity contribution in [1.82, 2.24) is 10.2 Å². The third-order valence-electron chi connectivity index (χ3n) is 0.678. The summed E-state index contributed by atoms with van der Waals surface area (Å²) in [7, 11) is 0. The minimum atomic E-state index is 0.702. The maximum absolute atomic E-state index is 4.83. The van der Waals surface area contributed by atoms with Crippen molar-refractivity contribution in [1.29, 1.82) is 0 Å². The van der Waals surface area contributed by atoms with Crippen LogP contribution in [0.3, 0.4) is 0 Å². The van der Waals surface area contributed by atoms with Gasteiger partial charge < -0.3 is 0 Å². The lowest BCUT2D eigenvalue weighted by molar-refractivity contribution is 1.01. The van der Waals surface area contributed by atoms with Crippen LogP contribution >= 0.6 is 34.8 Å². The summed E-state index contributed by atoms with van der Waals surface area (Å²) in [5, 5.41) is 6.37. The highest BCUT2D eigenvalue weighted by atomic mass is 127. The maximum atomic E-state index is 4.83. The Hall–Kier alpha value is 0.0300. The second-order valence-electron chi connectivity index (χ2n) is 1.23. The summed E-state index contributed by atoms with van der Waals surface area (Å²) in [6, 6.07) is 1.86. The first-order valence-corrected chi connectivity index (χ1v) is 3.48. The molecule has 1 rings (SSSR count). The maximum Gasteiger partial charge on any atom is 0.133 e. The second-order valence-corrected chi connectivity index (χ2v) is 2.80. The number of aromatic amines is 1. The number of H-pyrrole nitrogens is 1. The predicted molar refractivity (Wildman–Crippen MR) is 42.1 cm³/mol. The molecule has 0 aliphatic heterocycles. The summed E-state index contributed by atoms with van der Waals surface area (Å²) in [6.07, 6.45) is 1.68. The minimum absolute atomic E-state index is 0.702. The van der Waals surface area contributed by atoms with Gasteiger partial charge in [-0.15, -0.1) is 0 Å². The van der Waals surface area contributed by atoms with E-state index in [-0.39, 0.29) is 0 Å². The molecule has 0 saturated heterocycles. The molecule has 1 aromatic heterocycles. The van der Waals surface area contributed by atoms with Crippen molar-refractivity contribution in [2.75, 3.05) is 0 Å². The smallest absolute Gasteiger partial charge is 0.133 e. The lowest BCUT2D eigenvalue weighted by Crippen LogP contribution is -1.80. The van der Waals surface area contributed by atoms with Crippen molar-refractivity contribution in [2.45, 2.75) is 0 Å². The van der Waals surface area contributed by atoms with E-state index in [2.05, 4.69) is 32.8 Å². The van der Waals surface area contributed by atoms with Crippen LogP contribution in [0.2, 0.25) is 0 Å². The zero-order valence-electron chi connectivity index (χ0n) is 3.89. The molecule has 0 amide bonds. The largest absolute Gasteiger partial charge is 0.267 e. The van der Waals surface area contributed by atoms with E-state index in [9.17, 15) is 0 Å². The second kappa shape index (κ2) is 2.54. The molecule has 2 nitrogen and oxygen atoms in total. The average Bonchev–Trinajstić information content (AvgIpc) is 1.77. The summed E-state index contributed by atoms with van der Waals surface area (Å²) >= 11 is 6.98. The van der Waals surface area contributed by atoms with E-state index < -0.39 is 0 Å². The Morgan fingerprint density at radius 1 is 1.75 bits per heavy atom. The fraction of sp³-hybridized carbons (Fsp3) is 0. The van der Waals surface area contributed by atoms with E-state index in [0.717, 1.165) is 3.57 Å². The molecule has 0 aromatic carbocycles. The lowest BCUT2D eigenvalue weighted by Gasteiger charge is -1.84. The number of hydrogen-bond donors (Lipinski definition) is 1. The molecule has 0 fully saturated rings. The van der Waals surface area contributed by atoms with Crippen molar-refractivity contribution in [3.8, 4) is 0 Å². The highest BCUT2D eigenvalue weighted by Crippen LogP contribution is 2.00. The number of hydrogen-bond acceptors (Lipinski definition) is 2. The SMILES string of the molecule is S=c1[nH]nccc1I. The molecule has 0 saturated carbocycles. The van der Waals surface area contributed by atoms with Crippen LogP contribution in [0.1, 0.15) is 0 Å². The highest BCUT2D eigenvalue weighted by Gasteiger charge is 1.83. The van der Waals surface area contributed by atoms with Gasteiger partial charge in [-0.25, -0.2) is 0 Å². The molecule has 4 heteroatoms. The van der Waals surface area contributed by atoms with Gasteiger partial charge in [0.1, 0.15) is 4.64 Å². The summed E-state index contributed by atoms with van der Waals surface area (Å²) in [6.45, 7) is 0. The molecule has 0 atom stereocenters. The Bertz CT molecular complexity index is 231. The predicted octanol–water partition coefficient (Wildman–Crippen LogP) is 1.74. The van der Waals surface area contributed by atoms with E-state index in [0.29, 0.717) is 4.64 Å². The summed E-state index contributed by atoms with van der Waals surface area (Å²) in [5.74, 6) is 0. The number of nitrogens with one attached hydrogen (secondary N) is 1. The molecule has 0 aliphatic carbocycles. The van der Waals surface area contributed by atoms with Gasteiger partial charge >= 0.3 is 0 Å². The summed E-state index contributed by atoms with van der Waals surface area (Å²) < 4.78 is 1.74. The third-order valence-corrected chi connectivity index (χ3v) is 2.25. The van der Waals surface area contributed by atoms with Crippen molar-refractivity contribution < 1.29 is 0 Å². The van der Waals surface area contributed by atoms with Crippen molar-refractivity contribution in [3.63, 3.8) is 0 Å². The fourth-order valence-electron chi connectivity index (χ4n) is 0.328. The molecule has 0 bridgehead atoms. The quantitative estimate of drug-likeness (QED) is 0.551. The van der Waals surface area contributed by atoms with Gasteiger partial charge in [-0.3, -0.25) is 5.10 Å². The van der Waals surface area contributed by atoms with Crippen molar-refractivity contribution in [2.24, 2.45) is 0 Å². The standard InChI is InChI=1S/C4H3IN2S/c5-3-1-2-6-7-4(3)8/h1-2H,(H,7,8). The van der Waals surface area contributed by atoms with E-state index in [1.54, 1.807) is 6.20 Å². The average molecular weight is 238 g/mol. The van der Waals surface area contributed by atoms with Crippen LogP contribution in [0.15, 0.2) is 12.3 Å². The summed E-state index contributed by atoms with van der Waals surface area (Å²) in [4.78, 5) is 0.